The van der Waals surface area contributed by atoms with Gasteiger partial charge in [-0.3, -0.25) is 0 Å². The Morgan fingerprint density at radius 2 is 2.00 bits per heavy atom. The Balaban J connectivity index is 2.58. The van der Waals surface area contributed by atoms with Gasteiger partial charge in [-0.15, -0.1) is 11.3 Å². The summed E-state index contributed by atoms with van der Waals surface area (Å²) < 4.78 is 0. The zero-order chi connectivity index (χ0) is 13.1. The van der Waals surface area contributed by atoms with Crippen molar-refractivity contribution in [2.24, 2.45) is 11.3 Å². The van der Waals surface area contributed by atoms with Crippen LogP contribution < -0.4 is 5.32 Å². The number of nitrogens with one attached hydrogen (secondary N) is 1. The van der Waals surface area contributed by atoms with E-state index in [1.165, 1.54) is 23.3 Å². The van der Waals surface area contributed by atoms with Gasteiger partial charge in [0.15, 0.2) is 0 Å². The van der Waals surface area contributed by atoms with Crippen LogP contribution in [0.25, 0.3) is 0 Å². The van der Waals surface area contributed by atoms with Crippen molar-refractivity contribution in [3.8, 4) is 0 Å². The van der Waals surface area contributed by atoms with E-state index in [4.69, 9.17) is 0 Å². The van der Waals surface area contributed by atoms with Gasteiger partial charge < -0.3 is 5.32 Å². The zero-order valence-corrected chi connectivity index (χ0v) is 12.9. The predicted molar refractivity (Wildman–Crippen MR) is 78.7 cm³/mol. The van der Waals surface area contributed by atoms with E-state index in [0.717, 1.165) is 5.92 Å². The minimum atomic E-state index is 0.433. The fourth-order valence-corrected chi connectivity index (χ4v) is 3.36. The van der Waals surface area contributed by atoms with Crippen LogP contribution in [0.4, 0.5) is 0 Å². The van der Waals surface area contributed by atoms with Crippen molar-refractivity contribution >= 4 is 11.3 Å². The van der Waals surface area contributed by atoms with E-state index in [-0.39, 0.29) is 0 Å². The van der Waals surface area contributed by atoms with Gasteiger partial charge in [0.25, 0.3) is 0 Å². The molecule has 0 amide bonds. The van der Waals surface area contributed by atoms with E-state index in [1.54, 1.807) is 0 Å². The normalized spacial score (nSPS) is 15.9. The molecule has 0 bridgehead atoms. The summed E-state index contributed by atoms with van der Waals surface area (Å²) >= 11 is 1.85. The highest BCUT2D eigenvalue weighted by Crippen LogP contribution is 2.31. The van der Waals surface area contributed by atoms with E-state index in [9.17, 15) is 0 Å². The monoisotopic (exact) mass is 253 g/mol. The lowest BCUT2D eigenvalue weighted by Gasteiger charge is -2.26. The predicted octanol–water partition coefficient (Wildman–Crippen LogP) is 4.78. The van der Waals surface area contributed by atoms with E-state index in [0.29, 0.717) is 11.5 Å². The second kappa shape index (κ2) is 6.01. The summed E-state index contributed by atoms with van der Waals surface area (Å²) in [5.74, 6) is 0.757. The van der Waals surface area contributed by atoms with E-state index in [2.05, 4.69) is 58.4 Å². The molecular formula is C15H27NS. The Bertz CT molecular complexity index is 335. The van der Waals surface area contributed by atoms with Crippen LogP contribution in [-0.4, -0.2) is 7.05 Å². The third-order valence-corrected chi connectivity index (χ3v) is 3.98. The number of aryl methyl sites for hydroxylation is 1. The fraction of sp³-hybridized carbons (Fsp3) is 0.733. The second-order valence-corrected chi connectivity index (χ2v) is 7.55. The molecule has 98 valence electrons. The molecule has 2 heteroatoms. The van der Waals surface area contributed by atoms with Gasteiger partial charge in [0.05, 0.1) is 0 Å². The van der Waals surface area contributed by atoms with Crippen molar-refractivity contribution in [1.29, 1.82) is 0 Å². The molecule has 0 aliphatic rings. The highest BCUT2D eigenvalue weighted by Gasteiger charge is 2.19. The molecule has 0 aromatic carbocycles. The summed E-state index contributed by atoms with van der Waals surface area (Å²) in [5.41, 5.74) is 1.89. The molecule has 17 heavy (non-hydrogen) atoms. The Hall–Kier alpha value is -0.340. The fourth-order valence-electron chi connectivity index (χ4n) is 2.60. The summed E-state index contributed by atoms with van der Waals surface area (Å²) in [6.45, 7) is 11.5. The van der Waals surface area contributed by atoms with Crippen LogP contribution >= 0.6 is 11.3 Å². The Morgan fingerprint density at radius 1 is 1.35 bits per heavy atom. The third kappa shape index (κ3) is 5.22. The number of hydrogen-bond acceptors (Lipinski definition) is 2. The highest BCUT2D eigenvalue weighted by molar-refractivity contribution is 7.10. The molecule has 0 aliphatic carbocycles. The van der Waals surface area contributed by atoms with E-state index < -0.39 is 0 Å². The number of rotatable bonds is 5. The molecule has 0 saturated carbocycles. The average molecular weight is 253 g/mol. The molecule has 0 saturated heterocycles. The first-order chi connectivity index (χ1) is 7.81. The SMILES string of the molecule is CNC(CC(C)CC(C)(C)C)c1csc(C)c1. The van der Waals surface area contributed by atoms with Crippen LogP contribution in [-0.2, 0) is 0 Å². The minimum Gasteiger partial charge on any atom is -0.313 e. The van der Waals surface area contributed by atoms with Crippen molar-refractivity contribution < 1.29 is 0 Å². The van der Waals surface area contributed by atoms with Crippen molar-refractivity contribution in [2.75, 3.05) is 7.05 Å². The van der Waals surface area contributed by atoms with Crippen LogP contribution in [0.1, 0.15) is 57.0 Å². The van der Waals surface area contributed by atoms with E-state index >= 15 is 0 Å². The van der Waals surface area contributed by atoms with Crippen molar-refractivity contribution in [3.63, 3.8) is 0 Å². The molecule has 0 radical (unpaired) electrons. The molecular weight excluding hydrogens is 226 g/mol. The van der Waals surface area contributed by atoms with Crippen LogP contribution in [0, 0.1) is 18.3 Å². The molecule has 1 aromatic heterocycles. The van der Waals surface area contributed by atoms with E-state index in [1.807, 2.05) is 11.3 Å². The van der Waals surface area contributed by atoms with Crippen LogP contribution in [0.3, 0.4) is 0 Å². The average Bonchev–Trinajstić information content (AvgIpc) is 2.58. The van der Waals surface area contributed by atoms with Crippen molar-refractivity contribution in [2.45, 2.75) is 53.5 Å². The molecule has 1 heterocycles. The van der Waals surface area contributed by atoms with Crippen LogP contribution in [0.15, 0.2) is 11.4 Å². The molecule has 0 fully saturated rings. The lowest BCUT2D eigenvalue weighted by Crippen LogP contribution is -2.21. The Morgan fingerprint density at radius 3 is 2.41 bits per heavy atom. The maximum absolute atomic E-state index is 3.46. The van der Waals surface area contributed by atoms with Gasteiger partial charge >= 0.3 is 0 Å². The molecule has 0 spiro atoms. The summed E-state index contributed by atoms with van der Waals surface area (Å²) in [7, 11) is 2.07. The summed E-state index contributed by atoms with van der Waals surface area (Å²) in [6, 6.07) is 2.83. The smallest absolute Gasteiger partial charge is 0.0328 e. The highest BCUT2D eigenvalue weighted by atomic mass is 32.1. The largest absolute Gasteiger partial charge is 0.313 e. The molecule has 1 N–H and O–H groups in total. The molecule has 0 aliphatic heterocycles. The molecule has 1 aromatic rings. The van der Waals surface area contributed by atoms with Gasteiger partial charge in [0, 0.05) is 10.9 Å². The van der Waals surface area contributed by atoms with Crippen LogP contribution in [0.2, 0.25) is 0 Å². The second-order valence-electron chi connectivity index (χ2n) is 6.44. The van der Waals surface area contributed by atoms with Gasteiger partial charge in [-0.25, -0.2) is 0 Å². The maximum Gasteiger partial charge on any atom is 0.0328 e. The van der Waals surface area contributed by atoms with Gasteiger partial charge in [0.2, 0.25) is 0 Å². The lowest BCUT2D eigenvalue weighted by molar-refractivity contribution is 0.279. The van der Waals surface area contributed by atoms with Crippen LogP contribution in [0.5, 0.6) is 0 Å². The summed E-state index contributed by atoms with van der Waals surface area (Å²) in [4.78, 5) is 1.41. The zero-order valence-electron chi connectivity index (χ0n) is 12.1. The first-order valence-corrected chi connectivity index (χ1v) is 7.42. The minimum absolute atomic E-state index is 0.433. The maximum atomic E-state index is 3.46. The first-order valence-electron chi connectivity index (χ1n) is 6.54. The van der Waals surface area contributed by atoms with Gasteiger partial charge in [-0.1, -0.05) is 27.7 Å². The Labute approximate surface area is 111 Å². The summed E-state index contributed by atoms with van der Waals surface area (Å²) in [6.07, 6.45) is 2.51. The van der Waals surface area contributed by atoms with Gasteiger partial charge in [-0.05, 0) is 55.2 Å². The summed E-state index contributed by atoms with van der Waals surface area (Å²) in [5, 5.41) is 5.75. The first kappa shape index (κ1) is 14.7. The number of thiophene rings is 1. The van der Waals surface area contributed by atoms with Crippen molar-refractivity contribution in [1.82, 2.24) is 5.32 Å². The molecule has 1 rings (SSSR count). The van der Waals surface area contributed by atoms with Crippen molar-refractivity contribution in [3.05, 3.63) is 21.9 Å². The number of hydrogen-bond donors (Lipinski definition) is 1. The third-order valence-electron chi connectivity index (χ3n) is 3.10. The van der Waals surface area contributed by atoms with Gasteiger partial charge in [-0.2, -0.15) is 0 Å². The molecule has 2 unspecified atom stereocenters. The Kier molecular flexibility index (Phi) is 5.21. The van der Waals surface area contributed by atoms with Gasteiger partial charge in [0.1, 0.15) is 0 Å². The topological polar surface area (TPSA) is 12.0 Å². The standard InChI is InChI=1S/C15H27NS/c1-11(9-15(3,4)5)7-14(16-6)13-8-12(2)17-10-13/h8,10-11,14,16H,7,9H2,1-6H3. The molecule has 1 nitrogen and oxygen atoms in total. The lowest BCUT2D eigenvalue weighted by atomic mass is 9.82. The quantitative estimate of drug-likeness (QED) is 0.796. The molecule has 2 atom stereocenters.